The summed E-state index contributed by atoms with van der Waals surface area (Å²) in [4.78, 5) is 16.8. The zero-order valence-electron chi connectivity index (χ0n) is 14.1. The van der Waals surface area contributed by atoms with Gasteiger partial charge in [-0.05, 0) is 26.0 Å². The minimum absolute atomic E-state index is 0.0245. The van der Waals surface area contributed by atoms with E-state index in [1.165, 1.54) is 17.4 Å². The van der Waals surface area contributed by atoms with Crippen molar-refractivity contribution in [1.82, 2.24) is 4.98 Å². The van der Waals surface area contributed by atoms with Crippen molar-refractivity contribution in [3.8, 4) is 16.3 Å². The van der Waals surface area contributed by atoms with E-state index >= 15 is 0 Å². The molecule has 26 heavy (non-hydrogen) atoms. The van der Waals surface area contributed by atoms with E-state index in [4.69, 9.17) is 0 Å². The van der Waals surface area contributed by atoms with Crippen molar-refractivity contribution in [3.05, 3.63) is 64.7 Å². The van der Waals surface area contributed by atoms with Gasteiger partial charge in [-0.1, -0.05) is 35.9 Å². The van der Waals surface area contributed by atoms with Crippen LogP contribution in [0.3, 0.4) is 0 Å². The van der Waals surface area contributed by atoms with E-state index in [-0.39, 0.29) is 11.4 Å². The monoisotopic (exact) mass is 374 g/mol. The molecule has 1 N–H and O–H groups in total. The number of carbonyl (C=O) groups is 1. The van der Waals surface area contributed by atoms with Crippen molar-refractivity contribution in [2.75, 3.05) is 5.32 Å². The third-order valence-electron chi connectivity index (χ3n) is 3.78. The van der Waals surface area contributed by atoms with Crippen LogP contribution < -0.4 is 10.1 Å². The van der Waals surface area contributed by atoms with Gasteiger partial charge in [-0.2, -0.15) is 8.78 Å². The Hall–Kier alpha value is -2.80. The Bertz CT molecular complexity index is 924. The Labute approximate surface area is 153 Å². The van der Waals surface area contributed by atoms with Crippen molar-refractivity contribution in [1.29, 1.82) is 0 Å². The van der Waals surface area contributed by atoms with Gasteiger partial charge in [0.1, 0.15) is 16.5 Å². The van der Waals surface area contributed by atoms with Crippen molar-refractivity contribution in [2.24, 2.45) is 0 Å². The Morgan fingerprint density at radius 2 is 1.88 bits per heavy atom. The van der Waals surface area contributed by atoms with Gasteiger partial charge in [0.2, 0.25) is 0 Å². The van der Waals surface area contributed by atoms with Crippen molar-refractivity contribution >= 4 is 22.9 Å². The van der Waals surface area contributed by atoms with Gasteiger partial charge in [0, 0.05) is 22.2 Å². The Morgan fingerprint density at radius 3 is 2.58 bits per heavy atom. The van der Waals surface area contributed by atoms with E-state index in [1.54, 1.807) is 24.4 Å². The highest BCUT2D eigenvalue weighted by molar-refractivity contribution is 7.13. The Morgan fingerprint density at radius 1 is 1.15 bits per heavy atom. The van der Waals surface area contributed by atoms with Crippen LogP contribution in [0.1, 0.15) is 21.6 Å². The molecule has 0 aliphatic carbocycles. The summed E-state index contributed by atoms with van der Waals surface area (Å²) in [7, 11) is 0. The normalized spacial score (nSPS) is 10.8. The fourth-order valence-electron chi connectivity index (χ4n) is 2.37. The summed E-state index contributed by atoms with van der Waals surface area (Å²) in [6.07, 6.45) is 0. The number of aryl methyl sites for hydroxylation is 1. The van der Waals surface area contributed by atoms with Gasteiger partial charge in [-0.15, -0.1) is 11.3 Å². The largest absolute Gasteiger partial charge is 0.434 e. The van der Waals surface area contributed by atoms with E-state index in [1.807, 2.05) is 31.2 Å². The van der Waals surface area contributed by atoms with Gasteiger partial charge in [-0.25, -0.2) is 4.98 Å². The topological polar surface area (TPSA) is 51.2 Å². The molecule has 0 atom stereocenters. The van der Waals surface area contributed by atoms with Crippen LogP contribution in [-0.4, -0.2) is 17.5 Å². The number of ether oxygens (including phenoxy) is 1. The lowest BCUT2D eigenvalue weighted by Gasteiger charge is -2.12. The van der Waals surface area contributed by atoms with Crippen LogP contribution in [0.4, 0.5) is 14.5 Å². The maximum atomic E-state index is 12.4. The molecule has 3 rings (SSSR count). The third kappa shape index (κ3) is 4.05. The van der Waals surface area contributed by atoms with Gasteiger partial charge in [0.25, 0.3) is 5.91 Å². The van der Waals surface area contributed by atoms with Gasteiger partial charge >= 0.3 is 6.61 Å². The molecule has 0 aliphatic rings. The molecule has 4 nitrogen and oxygen atoms in total. The van der Waals surface area contributed by atoms with Crippen LogP contribution in [0.5, 0.6) is 5.75 Å². The quantitative estimate of drug-likeness (QED) is 0.661. The molecule has 0 aliphatic heterocycles. The summed E-state index contributed by atoms with van der Waals surface area (Å²) in [5.41, 5.74) is 3.17. The number of aromatic nitrogens is 1. The minimum Gasteiger partial charge on any atom is -0.434 e. The van der Waals surface area contributed by atoms with Crippen molar-refractivity contribution in [3.63, 3.8) is 0 Å². The first-order valence-electron chi connectivity index (χ1n) is 7.82. The highest BCUT2D eigenvalue weighted by Gasteiger charge is 2.15. The van der Waals surface area contributed by atoms with Crippen LogP contribution in [0.25, 0.3) is 10.6 Å². The standard InChI is InChI=1S/C19H16F2N2O2S/c1-11-6-8-13(9-7-11)18-23-15(10-26-18)17(24)22-14-4-3-5-16(12(14)2)25-19(20)21/h3-10,19H,1-2H3,(H,22,24). The predicted octanol–water partition coefficient (Wildman–Crippen LogP) is 5.28. The first kappa shape index (κ1) is 18.0. The second kappa shape index (κ2) is 7.61. The molecule has 3 aromatic rings. The average molecular weight is 374 g/mol. The smallest absolute Gasteiger partial charge is 0.387 e. The van der Waals surface area contributed by atoms with Gasteiger partial charge < -0.3 is 10.1 Å². The predicted molar refractivity (Wildman–Crippen MR) is 98.1 cm³/mol. The molecular weight excluding hydrogens is 358 g/mol. The molecule has 1 aromatic heterocycles. The first-order valence-corrected chi connectivity index (χ1v) is 8.70. The maximum absolute atomic E-state index is 12.4. The third-order valence-corrected chi connectivity index (χ3v) is 4.68. The molecule has 0 saturated carbocycles. The lowest BCUT2D eigenvalue weighted by atomic mass is 10.1. The van der Waals surface area contributed by atoms with E-state index in [9.17, 15) is 13.6 Å². The molecule has 1 heterocycles. The van der Waals surface area contributed by atoms with Gasteiger partial charge in [0.15, 0.2) is 0 Å². The Kier molecular flexibility index (Phi) is 5.27. The van der Waals surface area contributed by atoms with Crippen LogP contribution >= 0.6 is 11.3 Å². The number of rotatable bonds is 5. The first-order chi connectivity index (χ1) is 12.4. The summed E-state index contributed by atoms with van der Waals surface area (Å²) in [6, 6.07) is 12.5. The van der Waals surface area contributed by atoms with Crippen LogP contribution in [0, 0.1) is 13.8 Å². The van der Waals surface area contributed by atoms with Crippen LogP contribution in [0.2, 0.25) is 0 Å². The lowest BCUT2D eigenvalue weighted by molar-refractivity contribution is -0.0502. The maximum Gasteiger partial charge on any atom is 0.387 e. The fourth-order valence-corrected chi connectivity index (χ4v) is 3.17. The van der Waals surface area contributed by atoms with Crippen LogP contribution in [-0.2, 0) is 0 Å². The van der Waals surface area contributed by atoms with Crippen LogP contribution in [0.15, 0.2) is 47.8 Å². The van der Waals surface area contributed by atoms with Gasteiger partial charge in [0.05, 0.1) is 0 Å². The molecule has 0 fully saturated rings. The van der Waals surface area contributed by atoms with E-state index in [2.05, 4.69) is 15.0 Å². The number of halogens is 2. The van der Waals surface area contributed by atoms with Crippen molar-refractivity contribution < 1.29 is 18.3 Å². The van der Waals surface area contributed by atoms with Crippen molar-refractivity contribution in [2.45, 2.75) is 20.5 Å². The zero-order valence-corrected chi connectivity index (χ0v) is 14.9. The molecular formula is C19H16F2N2O2S. The molecule has 0 saturated heterocycles. The molecule has 0 radical (unpaired) electrons. The number of amides is 1. The summed E-state index contributed by atoms with van der Waals surface area (Å²) < 4.78 is 29.3. The fraction of sp³-hybridized carbons (Fsp3) is 0.158. The molecule has 0 unspecified atom stereocenters. The number of nitrogens with one attached hydrogen (secondary N) is 1. The lowest BCUT2D eigenvalue weighted by Crippen LogP contribution is -2.14. The minimum atomic E-state index is -2.92. The molecule has 0 spiro atoms. The molecule has 1 amide bonds. The number of nitrogens with zero attached hydrogens (tertiary/aromatic N) is 1. The average Bonchev–Trinajstić information content (AvgIpc) is 3.09. The SMILES string of the molecule is Cc1ccc(-c2nc(C(=O)Nc3cccc(OC(F)F)c3C)cs2)cc1. The number of thiazole rings is 1. The van der Waals surface area contributed by atoms with Gasteiger partial charge in [-0.3, -0.25) is 4.79 Å². The number of hydrogen-bond donors (Lipinski definition) is 1. The second-order valence-corrected chi connectivity index (χ2v) is 6.52. The summed E-state index contributed by atoms with van der Waals surface area (Å²) in [5.74, 6) is -0.381. The number of hydrogen-bond acceptors (Lipinski definition) is 4. The number of benzene rings is 2. The summed E-state index contributed by atoms with van der Waals surface area (Å²) in [6.45, 7) is 0.681. The number of carbonyl (C=O) groups excluding carboxylic acids is 1. The van der Waals surface area contributed by atoms with E-state index in [0.29, 0.717) is 11.3 Å². The number of anilines is 1. The second-order valence-electron chi connectivity index (χ2n) is 5.67. The highest BCUT2D eigenvalue weighted by Crippen LogP contribution is 2.28. The zero-order chi connectivity index (χ0) is 18.7. The van der Waals surface area contributed by atoms with E-state index < -0.39 is 12.5 Å². The molecule has 0 bridgehead atoms. The highest BCUT2D eigenvalue weighted by atomic mass is 32.1. The molecule has 134 valence electrons. The molecule has 2 aromatic carbocycles. The van der Waals surface area contributed by atoms with E-state index in [0.717, 1.165) is 16.1 Å². The number of alkyl halides is 2. The Balaban J connectivity index is 1.78. The summed E-state index contributed by atoms with van der Waals surface area (Å²) in [5, 5.41) is 5.10. The summed E-state index contributed by atoms with van der Waals surface area (Å²) >= 11 is 1.37. The molecule has 7 heteroatoms.